The van der Waals surface area contributed by atoms with Gasteiger partial charge in [0.2, 0.25) is 5.91 Å². The molecule has 1 amide bonds. The summed E-state index contributed by atoms with van der Waals surface area (Å²) >= 11 is 0. The third-order valence-corrected chi connectivity index (χ3v) is 2.42. The third-order valence-electron chi connectivity index (χ3n) is 2.42. The number of carbonyl (C=O) groups excluding carboxylic acids is 1. The molecule has 1 fully saturated rings. The lowest BCUT2D eigenvalue weighted by Gasteiger charge is -2.42. The maximum Gasteiger partial charge on any atom is 0.246 e. The molecule has 5 heteroatoms. The van der Waals surface area contributed by atoms with Crippen LogP contribution in [0.25, 0.3) is 0 Å². The summed E-state index contributed by atoms with van der Waals surface area (Å²) in [7, 11) is 1.82. The molecule has 70 valence electrons. The van der Waals surface area contributed by atoms with E-state index in [1.165, 1.54) is 0 Å². The number of aromatic nitrogens is 2. The van der Waals surface area contributed by atoms with E-state index in [4.69, 9.17) is 5.73 Å². The van der Waals surface area contributed by atoms with Crippen LogP contribution < -0.4 is 10.6 Å². The highest BCUT2D eigenvalue weighted by Crippen LogP contribution is 2.25. The molecule has 0 spiro atoms. The van der Waals surface area contributed by atoms with Gasteiger partial charge in [0.05, 0.1) is 17.9 Å². The van der Waals surface area contributed by atoms with Gasteiger partial charge in [0.25, 0.3) is 0 Å². The topological polar surface area (TPSA) is 64.2 Å². The minimum Gasteiger partial charge on any atom is -0.318 e. The van der Waals surface area contributed by atoms with Crippen molar-refractivity contribution in [1.82, 2.24) is 9.78 Å². The first-order chi connectivity index (χ1) is 6.11. The Kier molecular flexibility index (Phi) is 1.63. The second-order valence-electron chi connectivity index (χ2n) is 3.35. The molecule has 1 saturated heterocycles. The standard InChI is InChI=1S/C8H12N4O/c1-5-7(9)8(13)12(5)6-3-10-11(2)4-6/h3-5,7H,9H2,1-2H3/t5-,7-/m1/s1. The number of nitrogens with two attached hydrogens (primary N) is 1. The van der Waals surface area contributed by atoms with E-state index in [-0.39, 0.29) is 18.0 Å². The summed E-state index contributed by atoms with van der Waals surface area (Å²) in [5.41, 5.74) is 6.40. The van der Waals surface area contributed by atoms with Gasteiger partial charge in [0.1, 0.15) is 6.04 Å². The van der Waals surface area contributed by atoms with Gasteiger partial charge in [0.15, 0.2) is 0 Å². The van der Waals surface area contributed by atoms with Gasteiger partial charge in [-0.15, -0.1) is 0 Å². The Balaban J connectivity index is 2.24. The molecule has 2 atom stereocenters. The number of hydrogen-bond acceptors (Lipinski definition) is 3. The van der Waals surface area contributed by atoms with Gasteiger partial charge in [0, 0.05) is 13.2 Å². The second-order valence-corrected chi connectivity index (χ2v) is 3.35. The van der Waals surface area contributed by atoms with E-state index < -0.39 is 0 Å². The third kappa shape index (κ3) is 1.04. The first-order valence-electron chi connectivity index (χ1n) is 4.18. The minimum atomic E-state index is -0.347. The van der Waals surface area contributed by atoms with E-state index in [0.29, 0.717) is 0 Å². The molecular weight excluding hydrogens is 168 g/mol. The molecule has 2 heterocycles. The Morgan fingerprint density at radius 2 is 2.31 bits per heavy atom. The number of hydrogen-bond donors (Lipinski definition) is 1. The van der Waals surface area contributed by atoms with Crippen molar-refractivity contribution in [1.29, 1.82) is 0 Å². The van der Waals surface area contributed by atoms with Crippen LogP contribution >= 0.6 is 0 Å². The smallest absolute Gasteiger partial charge is 0.246 e. The molecule has 0 aromatic carbocycles. The fourth-order valence-electron chi connectivity index (χ4n) is 1.54. The molecule has 1 aliphatic heterocycles. The first-order valence-corrected chi connectivity index (χ1v) is 4.18. The zero-order valence-corrected chi connectivity index (χ0v) is 7.64. The molecule has 0 radical (unpaired) electrons. The minimum absolute atomic E-state index is 0.0273. The Labute approximate surface area is 76.1 Å². The lowest BCUT2D eigenvalue weighted by atomic mass is 9.97. The molecule has 13 heavy (non-hydrogen) atoms. The van der Waals surface area contributed by atoms with Crippen LogP contribution in [0, 0.1) is 0 Å². The zero-order chi connectivity index (χ0) is 9.59. The van der Waals surface area contributed by atoms with Gasteiger partial charge in [-0.2, -0.15) is 5.10 Å². The summed E-state index contributed by atoms with van der Waals surface area (Å²) < 4.78 is 1.67. The second kappa shape index (κ2) is 2.56. The molecule has 0 bridgehead atoms. The summed E-state index contributed by atoms with van der Waals surface area (Å²) in [6.07, 6.45) is 3.47. The van der Waals surface area contributed by atoms with Crippen molar-refractivity contribution in [3.63, 3.8) is 0 Å². The van der Waals surface area contributed by atoms with E-state index in [1.807, 2.05) is 14.0 Å². The van der Waals surface area contributed by atoms with Gasteiger partial charge < -0.3 is 10.6 Å². The molecule has 5 nitrogen and oxygen atoms in total. The van der Waals surface area contributed by atoms with Crippen LogP contribution in [0.15, 0.2) is 12.4 Å². The number of nitrogens with zero attached hydrogens (tertiary/aromatic N) is 3. The average molecular weight is 180 g/mol. The summed E-state index contributed by atoms with van der Waals surface area (Å²) in [5.74, 6) is -0.0273. The predicted octanol–water partition coefficient (Wildman–Crippen LogP) is -0.518. The molecule has 0 unspecified atom stereocenters. The summed E-state index contributed by atoms with van der Waals surface area (Å²) in [6.45, 7) is 1.93. The zero-order valence-electron chi connectivity index (χ0n) is 7.64. The van der Waals surface area contributed by atoms with Crippen molar-refractivity contribution in [2.45, 2.75) is 19.0 Å². The fraction of sp³-hybridized carbons (Fsp3) is 0.500. The molecule has 2 N–H and O–H groups in total. The Morgan fingerprint density at radius 3 is 2.77 bits per heavy atom. The van der Waals surface area contributed by atoms with Crippen LogP contribution in [0.2, 0.25) is 0 Å². The number of β-lactam (4-membered cyclic amide) rings is 1. The highest BCUT2D eigenvalue weighted by Gasteiger charge is 2.42. The van der Waals surface area contributed by atoms with Crippen molar-refractivity contribution < 1.29 is 4.79 Å². The number of amides is 1. The molecule has 1 aromatic rings. The van der Waals surface area contributed by atoms with Crippen molar-refractivity contribution in [2.75, 3.05) is 4.90 Å². The molecule has 0 aliphatic carbocycles. The van der Waals surface area contributed by atoms with Crippen molar-refractivity contribution in [3.05, 3.63) is 12.4 Å². The van der Waals surface area contributed by atoms with Gasteiger partial charge in [-0.3, -0.25) is 9.48 Å². The highest BCUT2D eigenvalue weighted by molar-refractivity contribution is 6.04. The normalized spacial score (nSPS) is 27.6. The van der Waals surface area contributed by atoms with E-state index in [1.54, 1.807) is 22.0 Å². The summed E-state index contributed by atoms with van der Waals surface area (Å²) in [6, 6.07) is -0.267. The highest BCUT2D eigenvalue weighted by atomic mass is 16.2. The number of rotatable bonds is 1. The number of aryl methyl sites for hydroxylation is 1. The van der Waals surface area contributed by atoms with Crippen LogP contribution in [0.3, 0.4) is 0 Å². The monoisotopic (exact) mass is 180 g/mol. The SMILES string of the molecule is C[C@@H]1[C@@H](N)C(=O)N1c1cnn(C)c1. The van der Waals surface area contributed by atoms with Gasteiger partial charge in [-0.05, 0) is 6.92 Å². The lowest BCUT2D eigenvalue weighted by Crippen LogP contribution is -2.67. The molecule has 0 saturated carbocycles. The van der Waals surface area contributed by atoms with Gasteiger partial charge >= 0.3 is 0 Å². The van der Waals surface area contributed by atoms with Gasteiger partial charge in [-0.25, -0.2) is 0 Å². The van der Waals surface area contributed by atoms with Gasteiger partial charge in [-0.1, -0.05) is 0 Å². The fourth-order valence-corrected chi connectivity index (χ4v) is 1.54. The van der Waals surface area contributed by atoms with Crippen molar-refractivity contribution >= 4 is 11.6 Å². The Hall–Kier alpha value is -1.36. The van der Waals surface area contributed by atoms with E-state index >= 15 is 0 Å². The largest absolute Gasteiger partial charge is 0.318 e. The molecule has 1 aliphatic rings. The lowest BCUT2D eigenvalue weighted by molar-refractivity contribution is -0.125. The Morgan fingerprint density at radius 1 is 1.62 bits per heavy atom. The summed E-state index contributed by atoms with van der Waals surface area (Å²) in [5, 5.41) is 4.00. The van der Waals surface area contributed by atoms with Crippen molar-refractivity contribution in [3.8, 4) is 0 Å². The summed E-state index contributed by atoms with van der Waals surface area (Å²) in [4.78, 5) is 13.0. The van der Waals surface area contributed by atoms with E-state index in [0.717, 1.165) is 5.69 Å². The quantitative estimate of drug-likeness (QED) is 0.591. The molecule has 2 rings (SSSR count). The van der Waals surface area contributed by atoms with Crippen LogP contribution in [0.5, 0.6) is 0 Å². The van der Waals surface area contributed by atoms with E-state index in [9.17, 15) is 4.79 Å². The molecular formula is C8H12N4O. The predicted molar refractivity (Wildman–Crippen MR) is 48.1 cm³/mol. The van der Waals surface area contributed by atoms with E-state index in [2.05, 4.69) is 5.10 Å². The maximum absolute atomic E-state index is 11.3. The number of carbonyl (C=O) groups is 1. The number of anilines is 1. The Bertz CT molecular complexity index is 346. The van der Waals surface area contributed by atoms with Crippen LogP contribution in [0.4, 0.5) is 5.69 Å². The van der Waals surface area contributed by atoms with Crippen LogP contribution in [0.1, 0.15) is 6.92 Å². The average Bonchev–Trinajstić information content (AvgIpc) is 2.51. The van der Waals surface area contributed by atoms with Crippen LogP contribution in [-0.4, -0.2) is 27.8 Å². The first kappa shape index (κ1) is 8.25. The van der Waals surface area contributed by atoms with Crippen molar-refractivity contribution in [2.24, 2.45) is 12.8 Å². The molecule has 1 aromatic heterocycles. The van der Waals surface area contributed by atoms with Crippen LogP contribution in [-0.2, 0) is 11.8 Å². The maximum atomic E-state index is 11.3.